The highest BCUT2D eigenvalue weighted by molar-refractivity contribution is 5.96. The molecule has 0 amide bonds. The summed E-state index contributed by atoms with van der Waals surface area (Å²) >= 11 is 0. The number of Topliss-reactive ketones (excluding diaryl/α,β-unsaturated/α-hetero) is 1. The third-order valence-corrected chi connectivity index (χ3v) is 9.19. The highest BCUT2D eigenvalue weighted by Crippen LogP contribution is 2.26. The average molecular weight is 628 g/mol. The Morgan fingerprint density at radius 3 is 1.93 bits per heavy atom. The van der Waals surface area contributed by atoms with Crippen molar-refractivity contribution in [1.29, 1.82) is 0 Å². The highest BCUT2D eigenvalue weighted by atomic mass is 35.5. The summed E-state index contributed by atoms with van der Waals surface area (Å²) in [5.41, 5.74) is 7.76. The number of benzene rings is 3. The number of nitrogens with zero attached hydrogens (tertiary/aromatic N) is 2. The first-order chi connectivity index (χ1) is 19.7. The van der Waals surface area contributed by atoms with Crippen LogP contribution in [0.4, 0.5) is 4.39 Å². The number of likely N-dealkylation sites (tertiary alicyclic amines) is 1. The minimum Gasteiger partial charge on any atom is -0.299 e. The molecule has 0 N–H and O–H groups in total. The van der Waals surface area contributed by atoms with Crippen LogP contribution in [0.5, 0.6) is 0 Å². The SMILES string of the molecule is CC(C)(C)c1ccc(CN2CCc3ccc(C(=O)CCCC4CCN(Cc5ccc(F)cc5)CC4)cc3CC2)cc1.Cl.Cl. The standard InChI is InChI=1S/C37H47FN2O.2ClH/c1-37(2,3)34-13-7-29(8-14-34)26-40-23-19-31-11-12-33(25-32(31)20-24-40)36(41)6-4-5-28-17-21-39(22-18-28)27-30-9-15-35(38)16-10-30;;/h7-16,25,28H,4-6,17-24,26-27H2,1-3H3;2*1H. The molecule has 5 rings (SSSR count). The van der Waals surface area contributed by atoms with Gasteiger partial charge in [0, 0.05) is 38.2 Å². The van der Waals surface area contributed by atoms with E-state index in [1.165, 1.54) is 40.7 Å². The van der Waals surface area contributed by atoms with E-state index in [2.05, 4.69) is 73.0 Å². The Hall–Kier alpha value is -2.24. The molecular weight excluding hydrogens is 578 g/mol. The van der Waals surface area contributed by atoms with Gasteiger partial charge in [0.15, 0.2) is 5.78 Å². The van der Waals surface area contributed by atoms with Crippen LogP contribution in [0.15, 0.2) is 66.7 Å². The summed E-state index contributed by atoms with van der Waals surface area (Å²) in [6.45, 7) is 12.9. The van der Waals surface area contributed by atoms with Crippen LogP contribution in [0, 0.1) is 11.7 Å². The molecule has 3 nitrogen and oxygen atoms in total. The van der Waals surface area contributed by atoms with Gasteiger partial charge in [-0.05, 0) is 109 Å². The van der Waals surface area contributed by atoms with Crippen molar-refractivity contribution in [3.8, 4) is 0 Å². The van der Waals surface area contributed by atoms with Gasteiger partial charge in [-0.3, -0.25) is 14.6 Å². The van der Waals surface area contributed by atoms with Gasteiger partial charge in [0.05, 0.1) is 0 Å². The van der Waals surface area contributed by atoms with Gasteiger partial charge in [0.1, 0.15) is 5.82 Å². The molecular formula is C37H49Cl2FN2O. The Morgan fingerprint density at radius 2 is 1.33 bits per heavy atom. The van der Waals surface area contributed by atoms with Gasteiger partial charge in [-0.25, -0.2) is 4.39 Å². The number of rotatable bonds is 9. The van der Waals surface area contributed by atoms with Crippen LogP contribution >= 0.6 is 24.8 Å². The number of piperidine rings is 1. The molecule has 1 saturated heterocycles. The van der Waals surface area contributed by atoms with Gasteiger partial charge in [-0.15, -0.1) is 24.8 Å². The molecule has 234 valence electrons. The lowest BCUT2D eigenvalue weighted by molar-refractivity contribution is 0.0974. The van der Waals surface area contributed by atoms with Crippen LogP contribution in [0.2, 0.25) is 0 Å². The van der Waals surface area contributed by atoms with Gasteiger partial charge < -0.3 is 0 Å². The Balaban J connectivity index is 0.00000253. The Morgan fingerprint density at radius 1 is 0.767 bits per heavy atom. The van der Waals surface area contributed by atoms with E-state index >= 15 is 0 Å². The van der Waals surface area contributed by atoms with E-state index in [1.54, 1.807) is 12.1 Å². The molecule has 0 radical (unpaired) electrons. The molecule has 3 aromatic carbocycles. The topological polar surface area (TPSA) is 23.6 Å². The highest BCUT2D eigenvalue weighted by Gasteiger charge is 2.21. The summed E-state index contributed by atoms with van der Waals surface area (Å²) in [4.78, 5) is 18.1. The van der Waals surface area contributed by atoms with Crippen molar-refractivity contribution < 1.29 is 9.18 Å². The number of hydrogen-bond acceptors (Lipinski definition) is 3. The second-order valence-corrected chi connectivity index (χ2v) is 13.4. The second-order valence-electron chi connectivity index (χ2n) is 13.4. The molecule has 2 aliphatic heterocycles. The molecule has 6 heteroatoms. The van der Waals surface area contributed by atoms with Crippen molar-refractivity contribution in [2.75, 3.05) is 26.2 Å². The van der Waals surface area contributed by atoms with Crippen molar-refractivity contribution in [3.05, 3.63) is 106 Å². The number of fused-ring (bicyclic) bond motifs is 1. The monoisotopic (exact) mass is 626 g/mol. The molecule has 43 heavy (non-hydrogen) atoms. The number of ketones is 1. The number of halogens is 3. The van der Waals surface area contributed by atoms with Crippen molar-refractivity contribution >= 4 is 30.6 Å². The average Bonchev–Trinajstić information content (AvgIpc) is 3.17. The number of carbonyl (C=O) groups is 1. The largest absolute Gasteiger partial charge is 0.299 e. The summed E-state index contributed by atoms with van der Waals surface area (Å²) < 4.78 is 13.2. The molecule has 0 bridgehead atoms. The normalized spacial score (nSPS) is 16.5. The molecule has 0 aromatic heterocycles. The summed E-state index contributed by atoms with van der Waals surface area (Å²) in [6, 6.07) is 22.5. The fraction of sp³-hybridized carbons (Fsp3) is 0.486. The van der Waals surface area contributed by atoms with Crippen LogP contribution in [0.3, 0.4) is 0 Å². The lowest BCUT2D eigenvalue weighted by Crippen LogP contribution is -2.33. The predicted molar refractivity (Wildman–Crippen MR) is 181 cm³/mol. The van der Waals surface area contributed by atoms with Gasteiger partial charge in [0.2, 0.25) is 0 Å². The van der Waals surface area contributed by atoms with E-state index in [-0.39, 0.29) is 36.0 Å². The third-order valence-electron chi connectivity index (χ3n) is 9.19. The fourth-order valence-electron chi connectivity index (χ4n) is 6.45. The van der Waals surface area contributed by atoms with Gasteiger partial charge >= 0.3 is 0 Å². The molecule has 2 heterocycles. The van der Waals surface area contributed by atoms with E-state index in [4.69, 9.17) is 0 Å². The molecule has 2 aliphatic rings. The Labute approximate surface area is 271 Å². The summed E-state index contributed by atoms with van der Waals surface area (Å²) in [7, 11) is 0. The van der Waals surface area contributed by atoms with Gasteiger partial charge in [0.25, 0.3) is 0 Å². The van der Waals surface area contributed by atoms with Crippen LogP contribution in [0.1, 0.15) is 91.1 Å². The van der Waals surface area contributed by atoms with Crippen molar-refractivity contribution in [2.24, 2.45) is 5.92 Å². The molecule has 1 fully saturated rings. The van der Waals surface area contributed by atoms with Gasteiger partial charge in [-0.1, -0.05) is 69.3 Å². The number of carbonyl (C=O) groups excluding carboxylic acids is 1. The molecule has 0 spiro atoms. The minimum atomic E-state index is -0.173. The van der Waals surface area contributed by atoms with Crippen LogP contribution < -0.4 is 0 Å². The Bertz CT molecular complexity index is 1300. The maximum Gasteiger partial charge on any atom is 0.162 e. The summed E-state index contributed by atoms with van der Waals surface area (Å²) in [5, 5.41) is 0. The molecule has 3 aromatic rings. The first-order valence-corrected chi connectivity index (χ1v) is 15.7. The van der Waals surface area contributed by atoms with Crippen LogP contribution in [-0.4, -0.2) is 41.8 Å². The summed E-state index contributed by atoms with van der Waals surface area (Å²) in [6.07, 6.45) is 7.17. The third kappa shape index (κ3) is 10.1. The van der Waals surface area contributed by atoms with Crippen LogP contribution in [-0.2, 0) is 31.3 Å². The molecule has 0 aliphatic carbocycles. The van der Waals surface area contributed by atoms with E-state index in [1.807, 2.05) is 12.1 Å². The zero-order valence-corrected chi connectivity index (χ0v) is 27.8. The first kappa shape index (κ1) is 35.2. The van der Waals surface area contributed by atoms with E-state index in [9.17, 15) is 9.18 Å². The van der Waals surface area contributed by atoms with Crippen molar-refractivity contribution in [1.82, 2.24) is 9.80 Å². The smallest absolute Gasteiger partial charge is 0.162 e. The first-order valence-electron chi connectivity index (χ1n) is 15.7. The Kier molecular flexibility index (Phi) is 13.3. The predicted octanol–water partition coefficient (Wildman–Crippen LogP) is 8.83. The lowest BCUT2D eigenvalue weighted by atomic mass is 9.87. The van der Waals surface area contributed by atoms with Crippen LogP contribution in [0.25, 0.3) is 0 Å². The van der Waals surface area contributed by atoms with E-state index in [0.29, 0.717) is 18.1 Å². The fourth-order valence-corrected chi connectivity index (χ4v) is 6.45. The maximum absolute atomic E-state index is 13.2. The molecule has 0 atom stereocenters. The van der Waals surface area contributed by atoms with Gasteiger partial charge in [-0.2, -0.15) is 0 Å². The van der Waals surface area contributed by atoms with Crippen molar-refractivity contribution in [3.63, 3.8) is 0 Å². The number of hydrogen-bond donors (Lipinski definition) is 0. The zero-order chi connectivity index (χ0) is 28.8. The molecule has 0 saturated carbocycles. The zero-order valence-electron chi connectivity index (χ0n) is 26.1. The minimum absolute atomic E-state index is 0. The van der Waals surface area contributed by atoms with Crippen molar-refractivity contribution in [2.45, 2.75) is 84.2 Å². The lowest BCUT2D eigenvalue weighted by Gasteiger charge is -2.32. The molecule has 0 unspecified atom stereocenters. The van der Waals surface area contributed by atoms with E-state index < -0.39 is 0 Å². The quantitative estimate of drug-likeness (QED) is 0.222. The second kappa shape index (κ2) is 16.2. The van der Waals surface area contributed by atoms with E-state index in [0.717, 1.165) is 70.5 Å². The summed E-state index contributed by atoms with van der Waals surface area (Å²) in [5.74, 6) is 0.824. The maximum atomic E-state index is 13.2.